The van der Waals surface area contributed by atoms with Crippen LogP contribution in [0.25, 0.3) is 0 Å². The average Bonchev–Trinajstić information content (AvgIpc) is 2.21. The summed E-state index contributed by atoms with van der Waals surface area (Å²) in [4.78, 5) is 26.3. The summed E-state index contributed by atoms with van der Waals surface area (Å²) in [6.07, 6.45) is 0.665. The van der Waals surface area contributed by atoms with Gasteiger partial charge in [-0.1, -0.05) is 41.5 Å². The van der Waals surface area contributed by atoms with Crippen LogP contribution in [0.3, 0.4) is 0 Å². The Morgan fingerprint density at radius 2 is 1.83 bits per heavy atom. The van der Waals surface area contributed by atoms with Crippen LogP contribution in [-0.2, 0) is 9.59 Å². The van der Waals surface area contributed by atoms with Crippen LogP contribution >= 0.6 is 0 Å². The fourth-order valence-electron chi connectivity index (χ4n) is 2.34. The van der Waals surface area contributed by atoms with E-state index >= 15 is 0 Å². The first kappa shape index (κ1) is 15.0. The van der Waals surface area contributed by atoms with Gasteiger partial charge in [0, 0.05) is 6.54 Å². The molecule has 1 rings (SSSR count). The van der Waals surface area contributed by atoms with Gasteiger partial charge in [-0.3, -0.25) is 9.59 Å². The normalized spacial score (nSPS) is 25.6. The largest absolute Gasteiger partial charge is 0.342 e. The molecule has 0 aromatic heterocycles. The van der Waals surface area contributed by atoms with Crippen LogP contribution in [0.15, 0.2) is 0 Å². The molecule has 104 valence electrons. The molecule has 1 aliphatic rings. The van der Waals surface area contributed by atoms with Gasteiger partial charge < -0.3 is 10.2 Å². The second-order valence-electron chi connectivity index (χ2n) is 6.68. The van der Waals surface area contributed by atoms with Gasteiger partial charge in [0.2, 0.25) is 11.8 Å². The Balaban J connectivity index is 2.98. The minimum Gasteiger partial charge on any atom is -0.342 e. The number of nitrogens with zero attached hydrogens (tertiary/aromatic N) is 1. The van der Waals surface area contributed by atoms with Crippen molar-refractivity contribution in [3.63, 3.8) is 0 Å². The number of hydrogen-bond donors (Lipinski definition) is 1. The third-order valence-corrected chi connectivity index (χ3v) is 3.22. The molecule has 18 heavy (non-hydrogen) atoms. The summed E-state index contributed by atoms with van der Waals surface area (Å²) in [7, 11) is 0. The predicted octanol–water partition coefficient (Wildman–Crippen LogP) is 1.79. The van der Waals surface area contributed by atoms with E-state index in [0.717, 1.165) is 0 Å². The van der Waals surface area contributed by atoms with Gasteiger partial charge in [-0.2, -0.15) is 0 Å². The maximum absolute atomic E-state index is 12.5. The minimum absolute atomic E-state index is 0.00221. The molecule has 2 atom stereocenters. The van der Waals surface area contributed by atoms with Gasteiger partial charge in [-0.15, -0.1) is 0 Å². The van der Waals surface area contributed by atoms with Crippen LogP contribution in [-0.4, -0.2) is 35.3 Å². The second kappa shape index (κ2) is 5.29. The maximum Gasteiger partial charge on any atom is 0.246 e. The van der Waals surface area contributed by atoms with Crippen LogP contribution in [0, 0.1) is 11.3 Å². The van der Waals surface area contributed by atoms with Crippen molar-refractivity contribution in [3.05, 3.63) is 0 Å². The van der Waals surface area contributed by atoms with Gasteiger partial charge in [-0.25, -0.2) is 0 Å². The van der Waals surface area contributed by atoms with Crippen LogP contribution in [0.5, 0.6) is 0 Å². The van der Waals surface area contributed by atoms with E-state index < -0.39 is 0 Å². The van der Waals surface area contributed by atoms with E-state index in [1.54, 1.807) is 4.90 Å². The van der Waals surface area contributed by atoms with Gasteiger partial charge >= 0.3 is 0 Å². The Kier molecular flexibility index (Phi) is 4.41. The highest BCUT2D eigenvalue weighted by Crippen LogP contribution is 2.23. The SMILES string of the molecule is CCC1C(=O)NC(C(C)C)C(=O)N1CC(C)(C)C. The molecule has 2 unspecified atom stereocenters. The fraction of sp³-hybridized carbons (Fsp3) is 0.857. The van der Waals surface area contributed by atoms with Crippen LogP contribution < -0.4 is 5.32 Å². The number of piperazine rings is 1. The molecule has 2 amide bonds. The Bertz CT molecular complexity index is 331. The van der Waals surface area contributed by atoms with Crippen LogP contribution in [0.2, 0.25) is 0 Å². The van der Waals surface area contributed by atoms with E-state index in [0.29, 0.717) is 13.0 Å². The summed E-state index contributed by atoms with van der Waals surface area (Å²) in [6, 6.07) is -0.686. The zero-order valence-corrected chi connectivity index (χ0v) is 12.4. The number of hydrogen-bond acceptors (Lipinski definition) is 2. The summed E-state index contributed by atoms with van der Waals surface area (Å²) in [6.45, 7) is 12.8. The molecule has 0 aromatic rings. The van der Waals surface area contributed by atoms with Crippen molar-refractivity contribution >= 4 is 11.8 Å². The quantitative estimate of drug-likeness (QED) is 0.835. The molecule has 0 spiro atoms. The maximum atomic E-state index is 12.5. The number of carbonyl (C=O) groups is 2. The Morgan fingerprint density at radius 1 is 1.28 bits per heavy atom. The highest BCUT2D eigenvalue weighted by atomic mass is 16.2. The molecule has 1 fully saturated rings. The summed E-state index contributed by atoms with van der Waals surface area (Å²) in [5.41, 5.74) is 0.00221. The Morgan fingerprint density at radius 3 is 2.22 bits per heavy atom. The second-order valence-corrected chi connectivity index (χ2v) is 6.68. The molecule has 0 aromatic carbocycles. The highest BCUT2D eigenvalue weighted by molar-refractivity contribution is 5.97. The molecular formula is C14H26N2O2. The van der Waals surface area contributed by atoms with E-state index in [1.807, 2.05) is 20.8 Å². The van der Waals surface area contributed by atoms with Gasteiger partial charge in [0.15, 0.2) is 0 Å². The molecule has 0 bridgehead atoms. The third kappa shape index (κ3) is 3.24. The molecule has 1 aliphatic heterocycles. The zero-order chi connectivity index (χ0) is 14.1. The molecule has 0 saturated carbocycles. The highest BCUT2D eigenvalue weighted by Gasteiger charge is 2.41. The first-order valence-corrected chi connectivity index (χ1v) is 6.78. The van der Waals surface area contributed by atoms with Crippen molar-refractivity contribution in [1.82, 2.24) is 10.2 Å². The average molecular weight is 254 g/mol. The van der Waals surface area contributed by atoms with E-state index in [-0.39, 0.29) is 35.2 Å². The first-order valence-electron chi connectivity index (χ1n) is 6.78. The van der Waals surface area contributed by atoms with E-state index in [9.17, 15) is 9.59 Å². The summed E-state index contributed by atoms with van der Waals surface area (Å²) < 4.78 is 0. The van der Waals surface area contributed by atoms with Crippen LogP contribution in [0.4, 0.5) is 0 Å². The molecule has 1 saturated heterocycles. The fourth-order valence-corrected chi connectivity index (χ4v) is 2.34. The summed E-state index contributed by atoms with van der Waals surface area (Å²) in [5, 5.41) is 2.85. The monoisotopic (exact) mass is 254 g/mol. The van der Waals surface area contributed by atoms with E-state index in [2.05, 4.69) is 26.1 Å². The lowest BCUT2D eigenvalue weighted by Crippen LogP contribution is -2.65. The minimum atomic E-state index is -0.373. The standard InChI is InChI=1S/C14H26N2O2/c1-7-10-12(17)15-11(9(2)3)13(18)16(10)8-14(4,5)6/h9-11H,7-8H2,1-6H3,(H,15,17). The lowest BCUT2D eigenvalue weighted by Gasteiger charge is -2.42. The molecule has 1 N–H and O–H groups in total. The molecule has 4 heteroatoms. The molecule has 4 nitrogen and oxygen atoms in total. The zero-order valence-electron chi connectivity index (χ0n) is 12.4. The number of rotatable bonds is 3. The molecule has 0 aliphatic carbocycles. The summed E-state index contributed by atoms with van der Waals surface area (Å²) >= 11 is 0. The van der Waals surface area contributed by atoms with Gasteiger partial charge in [0.1, 0.15) is 12.1 Å². The number of amides is 2. The van der Waals surface area contributed by atoms with Crippen molar-refractivity contribution in [3.8, 4) is 0 Å². The summed E-state index contributed by atoms with van der Waals surface area (Å²) in [5.74, 6) is 0.174. The Hall–Kier alpha value is -1.06. The van der Waals surface area contributed by atoms with Crippen molar-refractivity contribution in [1.29, 1.82) is 0 Å². The molecule has 0 radical (unpaired) electrons. The number of nitrogens with one attached hydrogen (secondary N) is 1. The van der Waals surface area contributed by atoms with Crippen molar-refractivity contribution < 1.29 is 9.59 Å². The van der Waals surface area contributed by atoms with E-state index in [4.69, 9.17) is 0 Å². The number of carbonyl (C=O) groups excluding carboxylic acids is 2. The molecular weight excluding hydrogens is 228 g/mol. The van der Waals surface area contributed by atoms with Gasteiger partial charge in [-0.05, 0) is 17.8 Å². The smallest absolute Gasteiger partial charge is 0.246 e. The predicted molar refractivity (Wildman–Crippen MR) is 72.0 cm³/mol. The van der Waals surface area contributed by atoms with Crippen molar-refractivity contribution in [2.45, 2.75) is 60.0 Å². The Labute approximate surface area is 110 Å². The first-order chi connectivity index (χ1) is 8.17. The van der Waals surface area contributed by atoms with Crippen LogP contribution in [0.1, 0.15) is 48.0 Å². The van der Waals surface area contributed by atoms with Gasteiger partial charge in [0.25, 0.3) is 0 Å². The topological polar surface area (TPSA) is 49.4 Å². The third-order valence-electron chi connectivity index (χ3n) is 3.22. The lowest BCUT2D eigenvalue weighted by molar-refractivity contribution is -0.152. The van der Waals surface area contributed by atoms with Crippen molar-refractivity contribution in [2.75, 3.05) is 6.54 Å². The van der Waals surface area contributed by atoms with Gasteiger partial charge in [0.05, 0.1) is 0 Å². The lowest BCUT2D eigenvalue weighted by atomic mass is 9.91. The molecule has 1 heterocycles. The van der Waals surface area contributed by atoms with Crippen molar-refractivity contribution in [2.24, 2.45) is 11.3 Å². The van der Waals surface area contributed by atoms with E-state index in [1.165, 1.54) is 0 Å².